The zero-order valence-corrected chi connectivity index (χ0v) is 11.5. The number of benzene rings is 1. The summed E-state index contributed by atoms with van der Waals surface area (Å²) in [7, 11) is 1.32. The van der Waals surface area contributed by atoms with Crippen molar-refractivity contribution in [3.05, 3.63) is 41.3 Å². The minimum atomic E-state index is -0.444. The summed E-state index contributed by atoms with van der Waals surface area (Å²) in [4.78, 5) is 19.4. The predicted octanol–water partition coefficient (Wildman–Crippen LogP) is 2.59. The number of hydrogen-bond acceptors (Lipinski definition) is 5. The molecule has 0 fully saturated rings. The standard InChI is InChI=1S/C12H10ClN3O2.ClH/c1-18-11(17)8-5-3-2-4-7(8)9-6-15-12(13)16-10(9)14;/h2-6H,1H3,(H2,14,15,16);1H. The van der Waals surface area contributed by atoms with Gasteiger partial charge in [0, 0.05) is 17.3 Å². The Bertz CT molecular complexity index is 605. The zero-order valence-electron chi connectivity index (χ0n) is 9.96. The lowest BCUT2D eigenvalue weighted by atomic mass is 10.0. The molecule has 0 amide bonds. The SMILES string of the molecule is COC(=O)c1ccccc1-c1cnc(Cl)nc1N.Cl. The summed E-state index contributed by atoms with van der Waals surface area (Å²) in [6, 6.07) is 6.92. The van der Waals surface area contributed by atoms with E-state index in [4.69, 9.17) is 22.1 Å². The molecule has 0 atom stereocenters. The van der Waals surface area contributed by atoms with Crippen LogP contribution >= 0.6 is 24.0 Å². The third-order valence-electron chi connectivity index (χ3n) is 2.41. The summed E-state index contributed by atoms with van der Waals surface area (Å²) < 4.78 is 4.72. The second-order valence-corrected chi connectivity index (χ2v) is 3.81. The Balaban J connectivity index is 0.00000180. The van der Waals surface area contributed by atoms with Crippen molar-refractivity contribution >= 4 is 35.8 Å². The van der Waals surface area contributed by atoms with Crippen molar-refractivity contribution in [2.24, 2.45) is 0 Å². The molecule has 0 radical (unpaired) electrons. The molecule has 7 heteroatoms. The summed E-state index contributed by atoms with van der Waals surface area (Å²) >= 11 is 5.64. The van der Waals surface area contributed by atoms with E-state index in [0.717, 1.165) is 0 Å². The van der Waals surface area contributed by atoms with E-state index in [1.807, 2.05) is 0 Å². The van der Waals surface area contributed by atoms with Gasteiger partial charge in [-0.15, -0.1) is 12.4 Å². The number of rotatable bonds is 2. The second kappa shape index (κ2) is 6.36. The van der Waals surface area contributed by atoms with Crippen molar-refractivity contribution in [2.75, 3.05) is 12.8 Å². The molecule has 1 heterocycles. The summed E-state index contributed by atoms with van der Waals surface area (Å²) in [6.07, 6.45) is 1.48. The van der Waals surface area contributed by atoms with Crippen LogP contribution in [-0.4, -0.2) is 23.0 Å². The summed E-state index contributed by atoms with van der Waals surface area (Å²) in [6.45, 7) is 0. The van der Waals surface area contributed by atoms with E-state index in [0.29, 0.717) is 16.7 Å². The van der Waals surface area contributed by atoms with Crippen LogP contribution < -0.4 is 5.73 Å². The third-order valence-corrected chi connectivity index (χ3v) is 2.59. The van der Waals surface area contributed by atoms with Crippen molar-refractivity contribution in [1.82, 2.24) is 9.97 Å². The van der Waals surface area contributed by atoms with Gasteiger partial charge in [0.25, 0.3) is 0 Å². The molecule has 0 saturated heterocycles. The number of hydrogen-bond donors (Lipinski definition) is 1. The first-order valence-electron chi connectivity index (χ1n) is 5.09. The van der Waals surface area contributed by atoms with Crippen molar-refractivity contribution in [3.63, 3.8) is 0 Å². The van der Waals surface area contributed by atoms with E-state index < -0.39 is 5.97 Å². The molecule has 0 saturated carbocycles. The van der Waals surface area contributed by atoms with Crippen LogP contribution in [0.2, 0.25) is 5.28 Å². The number of nitrogens with zero attached hydrogens (tertiary/aromatic N) is 2. The quantitative estimate of drug-likeness (QED) is 0.681. The number of aromatic nitrogens is 2. The maximum absolute atomic E-state index is 11.7. The van der Waals surface area contributed by atoms with Crippen LogP contribution in [0.15, 0.2) is 30.5 Å². The number of nitrogens with two attached hydrogens (primary N) is 1. The molecule has 2 aromatic rings. The molecule has 0 bridgehead atoms. The van der Waals surface area contributed by atoms with Gasteiger partial charge in [0.2, 0.25) is 5.28 Å². The molecule has 1 aromatic heterocycles. The Kier molecular flexibility index (Phi) is 5.09. The molecule has 2 rings (SSSR count). The maximum atomic E-state index is 11.7. The van der Waals surface area contributed by atoms with E-state index in [1.165, 1.54) is 13.3 Å². The molecule has 0 aliphatic carbocycles. The van der Waals surface area contributed by atoms with Crippen LogP contribution in [0.1, 0.15) is 10.4 Å². The molecule has 0 aliphatic rings. The van der Waals surface area contributed by atoms with Gasteiger partial charge in [0.15, 0.2) is 0 Å². The number of esters is 1. The predicted molar refractivity (Wildman–Crippen MR) is 75.5 cm³/mol. The van der Waals surface area contributed by atoms with Crippen LogP contribution in [0.4, 0.5) is 5.82 Å². The number of nitrogen functional groups attached to an aromatic ring is 1. The molecular formula is C12H11Cl2N3O2. The lowest BCUT2D eigenvalue weighted by Gasteiger charge is -2.09. The maximum Gasteiger partial charge on any atom is 0.338 e. The van der Waals surface area contributed by atoms with Gasteiger partial charge in [-0.05, 0) is 17.7 Å². The Morgan fingerprint density at radius 2 is 2.00 bits per heavy atom. The molecule has 0 aliphatic heterocycles. The summed E-state index contributed by atoms with van der Waals surface area (Å²) in [5, 5.41) is 0.0619. The number of carbonyl (C=O) groups is 1. The van der Waals surface area contributed by atoms with Crippen LogP contribution in [0, 0.1) is 0 Å². The van der Waals surface area contributed by atoms with E-state index in [9.17, 15) is 4.79 Å². The smallest absolute Gasteiger partial charge is 0.338 e. The topological polar surface area (TPSA) is 78.1 Å². The van der Waals surface area contributed by atoms with Gasteiger partial charge in [-0.25, -0.2) is 14.8 Å². The van der Waals surface area contributed by atoms with Gasteiger partial charge in [-0.1, -0.05) is 18.2 Å². The average Bonchev–Trinajstić information content (AvgIpc) is 2.38. The minimum Gasteiger partial charge on any atom is -0.465 e. The first-order chi connectivity index (χ1) is 8.63. The lowest BCUT2D eigenvalue weighted by molar-refractivity contribution is 0.0601. The Hall–Kier alpha value is -1.85. The highest BCUT2D eigenvalue weighted by Gasteiger charge is 2.15. The highest BCUT2D eigenvalue weighted by molar-refractivity contribution is 6.28. The van der Waals surface area contributed by atoms with Gasteiger partial charge >= 0.3 is 5.97 Å². The van der Waals surface area contributed by atoms with Gasteiger partial charge < -0.3 is 10.5 Å². The Morgan fingerprint density at radius 3 is 2.63 bits per heavy atom. The normalized spacial score (nSPS) is 9.58. The van der Waals surface area contributed by atoms with Crippen LogP contribution in [0.5, 0.6) is 0 Å². The number of methoxy groups -OCH3 is 1. The number of carbonyl (C=O) groups excluding carboxylic acids is 1. The molecule has 0 unspecified atom stereocenters. The van der Waals surface area contributed by atoms with Crippen LogP contribution in [0.3, 0.4) is 0 Å². The highest BCUT2D eigenvalue weighted by atomic mass is 35.5. The summed E-state index contributed by atoms with van der Waals surface area (Å²) in [5.74, 6) is -0.230. The average molecular weight is 300 g/mol. The van der Waals surface area contributed by atoms with E-state index in [-0.39, 0.29) is 23.5 Å². The van der Waals surface area contributed by atoms with E-state index in [2.05, 4.69) is 9.97 Å². The number of ether oxygens (including phenoxy) is 1. The third kappa shape index (κ3) is 3.13. The molecule has 100 valence electrons. The number of anilines is 1. The van der Waals surface area contributed by atoms with Crippen molar-refractivity contribution in [2.45, 2.75) is 0 Å². The summed E-state index contributed by atoms with van der Waals surface area (Å²) in [5.41, 5.74) is 7.33. The monoisotopic (exact) mass is 299 g/mol. The molecule has 5 nitrogen and oxygen atoms in total. The molecule has 2 N–H and O–H groups in total. The lowest BCUT2D eigenvalue weighted by Crippen LogP contribution is -2.05. The van der Waals surface area contributed by atoms with E-state index >= 15 is 0 Å². The van der Waals surface area contributed by atoms with Crippen LogP contribution in [-0.2, 0) is 4.74 Å². The fraction of sp³-hybridized carbons (Fsp3) is 0.0833. The fourth-order valence-corrected chi connectivity index (χ4v) is 1.73. The zero-order chi connectivity index (χ0) is 13.1. The van der Waals surface area contributed by atoms with Crippen molar-refractivity contribution in [1.29, 1.82) is 0 Å². The molecule has 1 aromatic carbocycles. The Morgan fingerprint density at radius 1 is 1.32 bits per heavy atom. The Labute approximate surface area is 121 Å². The van der Waals surface area contributed by atoms with Gasteiger partial charge in [-0.3, -0.25) is 0 Å². The molecule has 0 spiro atoms. The van der Waals surface area contributed by atoms with Gasteiger partial charge in [0.05, 0.1) is 12.7 Å². The first-order valence-corrected chi connectivity index (χ1v) is 5.47. The van der Waals surface area contributed by atoms with E-state index in [1.54, 1.807) is 24.3 Å². The highest BCUT2D eigenvalue weighted by Crippen LogP contribution is 2.28. The second-order valence-electron chi connectivity index (χ2n) is 3.48. The van der Waals surface area contributed by atoms with Crippen LogP contribution in [0.25, 0.3) is 11.1 Å². The van der Waals surface area contributed by atoms with Gasteiger partial charge in [-0.2, -0.15) is 0 Å². The van der Waals surface area contributed by atoms with Gasteiger partial charge in [0.1, 0.15) is 5.82 Å². The minimum absolute atomic E-state index is 0. The molecular weight excluding hydrogens is 289 g/mol. The van der Waals surface area contributed by atoms with Crippen molar-refractivity contribution < 1.29 is 9.53 Å². The first kappa shape index (κ1) is 15.2. The fourth-order valence-electron chi connectivity index (χ4n) is 1.59. The largest absolute Gasteiger partial charge is 0.465 e. The molecule has 19 heavy (non-hydrogen) atoms. The number of halogens is 2. The van der Waals surface area contributed by atoms with Crippen molar-refractivity contribution in [3.8, 4) is 11.1 Å².